The van der Waals surface area contributed by atoms with E-state index in [1.165, 1.54) is 15.3 Å². The van der Waals surface area contributed by atoms with Crippen molar-refractivity contribution >= 4 is 23.1 Å². The molecule has 0 spiro atoms. The highest BCUT2D eigenvalue weighted by Gasteiger charge is 2.24. The summed E-state index contributed by atoms with van der Waals surface area (Å²) in [5.74, 6) is 0. The molecule has 13 heavy (non-hydrogen) atoms. The van der Waals surface area contributed by atoms with E-state index in [1.807, 2.05) is 23.1 Å². The third-order valence-electron chi connectivity index (χ3n) is 2.32. The summed E-state index contributed by atoms with van der Waals surface area (Å²) in [6.45, 7) is 7.83. The van der Waals surface area contributed by atoms with E-state index in [-0.39, 0.29) is 0 Å². The molecule has 0 saturated carbocycles. The van der Waals surface area contributed by atoms with Gasteiger partial charge in [-0.05, 0) is 25.5 Å². The molecular formula is C10H15NS2. The standard InChI is InChI=1S/C10H15NS2/c1-6-4-9(8(3)12-6)10-11-5-7(2)13-10/h4,7,10-11H,5H2,1-3H3. The van der Waals surface area contributed by atoms with Gasteiger partial charge in [0, 0.05) is 21.5 Å². The van der Waals surface area contributed by atoms with Crippen LogP contribution in [0.3, 0.4) is 0 Å². The van der Waals surface area contributed by atoms with Crippen molar-refractivity contribution in [2.45, 2.75) is 31.4 Å². The SMILES string of the molecule is Cc1cc(C2NCC(C)S2)c(C)s1. The Morgan fingerprint density at radius 3 is 2.69 bits per heavy atom. The van der Waals surface area contributed by atoms with Crippen molar-refractivity contribution in [2.24, 2.45) is 0 Å². The van der Waals surface area contributed by atoms with Crippen LogP contribution in [0.5, 0.6) is 0 Å². The fourth-order valence-electron chi connectivity index (χ4n) is 1.70. The molecular weight excluding hydrogens is 198 g/mol. The van der Waals surface area contributed by atoms with Crippen LogP contribution in [-0.4, -0.2) is 11.8 Å². The molecule has 2 atom stereocenters. The summed E-state index contributed by atoms with van der Waals surface area (Å²) >= 11 is 3.95. The van der Waals surface area contributed by atoms with Gasteiger partial charge in [-0.25, -0.2) is 0 Å². The lowest BCUT2D eigenvalue weighted by Gasteiger charge is -2.08. The summed E-state index contributed by atoms with van der Waals surface area (Å²) < 4.78 is 0. The Hall–Kier alpha value is 0.01000. The first-order chi connectivity index (χ1) is 6.16. The van der Waals surface area contributed by atoms with Crippen molar-refractivity contribution in [3.05, 3.63) is 21.4 Å². The van der Waals surface area contributed by atoms with Crippen molar-refractivity contribution in [3.8, 4) is 0 Å². The Balaban J connectivity index is 2.20. The number of hydrogen-bond acceptors (Lipinski definition) is 3. The van der Waals surface area contributed by atoms with Gasteiger partial charge in [-0.2, -0.15) is 0 Å². The lowest BCUT2D eigenvalue weighted by Crippen LogP contribution is -2.13. The van der Waals surface area contributed by atoms with Crippen LogP contribution in [0.2, 0.25) is 0 Å². The molecule has 0 aliphatic carbocycles. The van der Waals surface area contributed by atoms with E-state index in [4.69, 9.17) is 0 Å². The van der Waals surface area contributed by atoms with E-state index >= 15 is 0 Å². The number of thioether (sulfide) groups is 1. The highest BCUT2D eigenvalue weighted by molar-refractivity contribution is 8.00. The zero-order chi connectivity index (χ0) is 9.42. The van der Waals surface area contributed by atoms with Gasteiger partial charge in [0.05, 0.1) is 5.37 Å². The summed E-state index contributed by atoms with van der Waals surface area (Å²) in [5, 5.41) is 4.84. The molecule has 1 nitrogen and oxygen atoms in total. The maximum Gasteiger partial charge on any atom is 0.0803 e. The van der Waals surface area contributed by atoms with Crippen molar-refractivity contribution in [1.82, 2.24) is 5.32 Å². The van der Waals surface area contributed by atoms with Crippen molar-refractivity contribution in [3.63, 3.8) is 0 Å². The normalized spacial score (nSPS) is 28.2. The second-order valence-electron chi connectivity index (χ2n) is 3.60. The Kier molecular flexibility index (Phi) is 2.67. The highest BCUT2D eigenvalue weighted by atomic mass is 32.2. The molecule has 1 fully saturated rings. The summed E-state index contributed by atoms with van der Waals surface area (Å²) in [7, 11) is 0. The predicted molar refractivity (Wildman–Crippen MR) is 61.6 cm³/mol. The predicted octanol–water partition coefficient (Wildman–Crippen LogP) is 3.09. The first kappa shape index (κ1) is 9.56. The third-order valence-corrected chi connectivity index (χ3v) is 4.63. The van der Waals surface area contributed by atoms with Crippen molar-refractivity contribution in [2.75, 3.05) is 6.54 Å². The maximum absolute atomic E-state index is 3.55. The van der Waals surface area contributed by atoms with Gasteiger partial charge in [0.15, 0.2) is 0 Å². The molecule has 0 bridgehead atoms. The minimum Gasteiger partial charge on any atom is -0.300 e. The fourth-order valence-corrected chi connectivity index (χ4v) is 3.97. The molecule has 1 saturated heterocycles. The molecule has 1 aliphatic heterocycles. The zero-order valence-corrected chi connectivity index (χ0v) is 9.89. The number of thiophene rings is 1. The van der Waals surface area contributed by atoms with Gasteiger partial charge >= 0.3 is 0 Å². The highest BCUT2D eigenvalue weighted by Crippen LogP contribution is 2.38. The van der Waals surface area contributed by atoms with Crippen LogP contribution >= 0.6 is 23.1 Å². The van der Waals surface area contributed by atoms with Gasteiger partial charge in [0.2, 0.25) is 0 Å². The Bertz CT molecular complexity index is 306. The van der Waals surface area contributed by atoms with Gasteiger partial charge in [-0.15, -0.1) is 23.1 Å². The van der Waals surface area contributed by atoms with E-state index in [0.717, 1.165) is 11.8 Å². The molecule has 2 rings (SSSR count). The molecule has 1 N–H and O–H groups in total. The summed E-state index contributed by atoms with van der Waals surface area (Å²) in [4.78, 5) is 2.89. The summed E-state index contributed by atoms with van der Waals surface area (Å²) in [5.41, 5.74) is 1.50. The molecule has 3 heteroatoms. The van der Waals surface area contributed by atoms with Gasteiger partial charge in [-0.3, -0.25) is 0 Å². The van der Waals surface area contributed by atoms with Crippen LogP contribution in [0.25, 0.3) is 0 Å². The number of aryl methyl sites for hydroxylation is 2. The first-order valence-corrected chi connectivity index (χ1v) is 6.38. The summed E-state index contributed by atoms with van der Waals surface area (Å²) in [6.07, 6.45) is 0. The van der Waals surface area contributed by atoms with Gasteiger partial charge < -0.3 is 5.32 Å². The van der Waals surface area contributed by atoms with E-state index < -0.39 is 0 Å². The Labute approximate surface area is 87.9 Å². The smallest absolute Gasteiger partial charge is 0.0803 e. The molecule has 72 valence electrons. The minimum atomic E-state index is 0.542. The van der Waals surface area contributed by atoms with Crippen molar-refractivity contribution in [1.29, 1.82) is 0 Å². The van der Waals surface area contributed by atoms with Crippen LogP contribution in [0.15, 0.2) is 6.07 Å². The molecule has 0 aromatic carbocycles. The molecule has 2 heterocycles. The molecule has 1 aliphatic rings. The molecule has 0 radical (unpaired) electrons. The average molecular weight is 213 g/mol. The van der Waals surface area contributed by atoms with Crippen LogP contribution < -0.4 is 5.32 Å². The monoisotopic (exact) mass is 213 g/mol. The second-order valence-corrected chi connectivity index (χ2v) is 6.61. The lowest BCUT2D eigenvalue weighted by molar-refractivity contribution is 0.717. The topological polar surface area (TPSA) is 12.0 Å². The van der Waals surface area contributed by atoms with Crippen LogP contribution in [0.1, 0.15) is 27.6 Å². The molecule has 2 unspecified atom stereocenters. The third kappa shape index (κ3) is 1.92. The quantitative estimate of drug-likeness (QED) is 0.769. The van der Waals surface area contributed by atoms with Crippen LogP contribution in [0.4, 0.5) is 0 Å². The number of hydrogen-bond donors (Lipinski definition) is 1. The van der Waals surface area contributed by atoms with Crippen LogP contribution in [0, 0.1) is 13.8 Å². The number of nitrogens with one attached hydrogen (secondary N) is 1. The lowest BCUT2D eigenvalue weighted by atomic mass is 10.2. The van der Waals surface area contributed by atoms with E-state index in [0.29, 0.717) is 5.37 Å². The Morgan fingerprint density at radius 1 is 1.46 bits per heavy atom. The van der Waals surface area contributed by atoms with E-state index in [1.54, 1.807) is 0 Å². The van der Waals surface area contributed by atoms with E-state index in [9.17, 15) is 0 Å². The first-order valence-electron chi connectivity index (χ1n) is 4.62. The van der Waals surface area contributed by atoms with Gasteiger partial charge in [0.1, 0.15) is 0 Å². The van der Waals surface area contributed by atoms with Gasteiger partial charge in [-0.1, -0.05) is 6.92 Å². The summed E-state index contributed by atoms with van der Waals surface area (Å²) in [6, 6.07) is 2.32. The van der Waals surface area contributed by atoms with Gasteiger partial charge in [0.25, 0.3) is 0 Å². The zero-order valence-electron chi connectivity index (χ0n) is 8.26. The molecule has 1 aromatic rings. The molecule has 0 amide bonds. The van der Waals surface area contributed by atoms with Crippen LogP contribution in [-0.2, 0) is 0 Å². The molecule has 1 aromatic heterocycles. The van der Waals surface area contributed by atoms with Crippen molar-refractivity contribution < 1.29 is 0 Å². The number of rotatable bonds is 1. The van der Waals surface area contributed by atoms with E-state index in [2.05, 4.69) is 32.2 Å². The Morgan fingerprint density at radius 2 is 2.23 bits per heavy atom. The average Bonchev–Trinajstić information content (AvgIpc) is 2.58. The fraction of sp³-hybridized carbons (Fsp3) is 0.600. The largest absolute Gasteiger partial charge is 0.300 e. The maximum atomic E-state index is 3.55. The minimum absolute atomic E-state index is 0.542. The second kappa shape index (κ2) is 3.64.